The van der Waals surface area contributed by atoms with Crippen molar-refractivity contribution in [3.05, 3.63) is 97.1 Å². The van der Waals surface area contributed by atoms with Gasteiger partial charge in [0.25, 0.3) is 0 Å². The van der Waals surface area contributed by atoms with Gasteiger partial charge in [-0.3, -0.25) is 14.4 Å². The molecular weight excluding hydrogens is 648 g/mol. The number of likely N-dealkylation sites (tertiary alicyclic amines) is 1. The second-order valence-corrected chi connectivity index (χ2v) is 13.6. The van der Waals surface area contributed by atoms with Crippen LogP contribution in [0.3, 0.4) is 0 Å². The molecule has 0 radical (unpaired) electrons. The molecule has 3 N–H and O–H groups in total. The van der Waals surface area contributed by atoms with Crippen LogP contribution >= 0.6 is 0 Å². The number of amides is 2. The normalized spacial score (nSPS) is 21.5. The molecule has 0 bridgehead atoms. The number of benzene rings is 3. The lowest BCUT2D eigenvalue weighted by Crippen LogP contribution is -2.55. The first kappa shape index (κ1) is 35.1. The quantitative estimate of drug-likeness (QED) is 0.118. The number of carbonyl (C=O) groups is 4. The molecule has 51 heavy (non-hydrogen) atoms. The zero-order valence-corrected chi connectivity index (χ0v) is 29.1. The zero-order valence-electron chi connectivity index (χ0n) is 29.1. The van der Waals surface area contributed by atoms with Crippen LogP contribution in [0, 0.1) is 11.8 Å². The van der Waals surface area contributed by atoms with Crippen molar-refractivity contribution >= 4 is 40.2 Å². The van der Waals surface area contributed by atoms with Crippen molar-refractivity contribution in [1.29, 1.82) is 0 Å². The van der Waals surface area contributed by atoms with Gasteiger partial charge in [0.2, 0.25) is 11.8 Å². The van der Waals surface area contributed by atoms with E-state index in [1.807, 2.05) is 68.4 Å². The van der Waals surface area contributed by atoms with Crippen molar-refractivity contribution < 1.29 is 33.8 Å². The van der Waals surface area contributed by atoms with Crippen LogP contribution < -0.4 is 20.1 Å². The van der Waals surface area contributed by atoms with Gasteiger partial charge in [0, 0.05) is 46.7 Å². The summed E-state index contributed by atoms with van der Waals surface area (Å²) in [5.41, 5.74) is 1.82. The second-order valence-electron chi connectivity index (χ2n) is 13.6. The maximum atomic E-state index is 14.5. The third kappa shape index (κ3) is 7.15. The highest BCUT2D eigenvalue weighted by Crippen LogP contribution is 2.45. The lowest BCUT2D eigenvalue weighted by Gasteiger charge is -2.31. The first-order valence-corrected chi connectivity index (χ1v) is 17.0. The maximum Gasteiger partial charge on any atom is 0.330 e. The Morgan fingerprint density at radius 3 is 2.45 bits per heavy atom. The maximum absolute atomic E-state index is 14.5. The number of hydrogen-bond acceptors (Lipinski definition) is 8. The van der Waals surface area contributed by atoms with E-state index in [1.54, 1.807) is 31.4 Å². The summed E-state index contributed by atoms with van der Waals surface area (Å²) in [6.07, 6.45) is 1.25. The zero-order chi connectivity index (χ0) is 36.4. The number of aromatic nitrogens is 1. The van der Waals surface area contributed by atoms with E-state index in [4.69, 9.17) is 14.5 Å². The number of nitrogens with one attached hydrogen (secondary N) is 2. The van der Waals surface area contributed by atoms with Gasteiger partial charge in [0.1, 0.15) is 35.2 Å². The molecule has 264 valence electrons. The topological polar surface area (TPSA) is 147 Å². The molecule has 1 unspecified atom stereocenters. The number of carboxylic acids is 1. The van der Waals surface area contributed by atoms with Crippen LogP contribution in [0.5, 0.6) is 11.5 Å². The van der Waals surface area contributed by atoms with Gasteiger partial charge in [0.15, 0.2) is 5.78 Å². The summed E-state index contributed by atoms with van der Waals surface area (Å²) < 4.78 is 12.1. The predicted molar refractivity (Wildman–Crippen MR) is 194 cm³/mol. The number of anilines is 1. The fourth-order valence-electron chi connectivity index (χ4n) is 6.73. The molecule has 1 aromatic heterocycles. The van der Waals surface area contributed by atoms with E-state index in [9.17, 15) is 24.3 Å². The van der Waals surface area contributed by atoms with Gasteiger partial charge in [-0.1, -0.05) is 62.4 Å². The lowest BCUT2D eigenvalue weighted by atomic mass is 10.0. The third-order valence-electron chi connectivity index (χ3n) is 9.74. The highest BCUT2D eigenvalue weighted by molar-refractivity contribution is 5.97. The van der Waals surface area contributed by atoms with E-state index in [2.05, 4.69) is 17.2 Å². The van der Waals surface area contributed by atoms with E-state index >= 15 is 0 Å². The highest BCUT2D eigenvalue weighted by Gasteiger charge is 2.61. The average Bonchev–Trinajstić information content (AvgIpc) is 3.69. The molecule has 2 amide bonds. The van der Waals surface area contributed by atoms with Crippen LogP contribution in [0.4, 0.5) is 5.69 Å². The van der Waals surface area contributed by atoms with Gasteiger partial charge in [-0.05, 0) is 43.5 Å². The van der Waals surface area contributed by atoms with E-state index in [0.717, 1.165) is 10.9 Å². The molecular formula is C40H42N4O7. The molecule has 3 aromatic carbocycles. The van der Waals surface area contributed by atoms with E-state index in [0.29, 0.717) is 34.0 Å². The number of carbonyl (C=O) groups excluding carboxylic acids is 3. The van der Waals surface area contributed by atoms with Crippen LogP contribution in [-0.2, 0) is 14.4 Å². The largest absolute Gasteiger partial charge is 0.497 e. The summed E-state index contributed by atoms with van der Waals surface area (Å²) in [7, 11) is 1.58. The number of nitrogens with zero attached hydrogens (tertiary/aromatic N) is 2. The van der Waals surface area contributed by atoms with Crippen LogP contribution in [0.1, 0.15) is 44.0 Å². The fourth-order valence-corrected chi connectivity index (χ4v) is 6.73. The number of aliphatic carboxylic acids is 1. The van der Waals surface area contributed by atoms with Crippen LogP contribution in [0.2, 0.25) is 0 Å². The standard InChI is InChI=1S/C40H42N4O7/c1-6-27-21-40(27,39(48)49)43-37(46)34-19-30(22-44(34)38(47)36(23(2)3)41-28-14-10-13-26(17-28)24(4)45)51-35-20-32(25-11-8-7-9-12-25)42-33-18-29(50-5)15-16-31(33)35/h6-18,20,23,27,30,34,36,41H,1,19,21-22H2,2-5H3,(H,43,46)(H,48,49)/t27-,30+,34-,36-,40?/m0/s1. The van der Waals surface area contributed by atoms with Crippen LogP contribution in [-0.4, -0.2) is 75.9 Å². The SMILES string of the molecule is C=C[C@H]1CC1(NC(=O)[C@@H]1C[C@@H](Oc2cc(-c3ccccc3)nc3cc(OC)ccc23)CN1C(=O)[C@@H](Nc1cccc(C(C)=O)c1)C(C)C)C(=O)O. The van der Waals surface area contributed by atoms with Gasteiger partial charge < -0.3 is 30.1 Å². The minimum absolute atomic E-state index is 0.0703. The lowest BCUT2D eigenvalue weighted by molar-refractivity contribution is -0.145. The van der Waals surface area contributed by atoms with Crippen LogP contribution in [0.25, 0.3) is 22.2 Å². The molecule has 1 aliphatic carbocycles. The Kier molecular flexibility index (Phi) is 9.82. The molecule has 2 fully saturated rings. The molecule has 5 atom stereocenters. The molecule has 2 aliphatic rings. The van der Waals surface area contributed by atoms with Crippen LogP contribution in [0.15, 0.2) is 91.5 Å². The number of fused-ring (bicyclic) bond motifs is 1. The number of Topliss-reactive ketones (excluding diaryl/α,β-unsaturated/α-hetero) is 1. The summed E-state index contributed by atoms with van der Waals surface area (Å²) >= 11 is 0. The fraction of sp³-hybridized carbons (Fsp3) is 0.325. The molecule has 6 rings (SSSR count). The Balaban J connectivity index is 1.34. The van der Waals surface area contributed by atoms with Crippen molar-refractivity contribution in [1.82, 2.24) is 15.2 Å². The van der Waals surface area contributed by atoms with Gasteiger partial charge in [-0.2, -0.15) is 0 Å². The van der Waals surface area contributed by atoms with Gasteiger partial charge in [0.05, 0.1) is 24.9 Å². The molecule has 11 heteroatoms. The van der Waals surface area contributed by atoms with Crippen molar-refractivity contribution in [3.8, 4) is 22.8 Å². The first-order valence-electron chi connectivity index (χ1n) is 17.0. The number of ketones is 1. The second kappa shape index (κ2) is 14.3. The minimum atomic E-state index is -1.47. The van der Waals surface area contributed by atoms with E-state index < -0.39 is 41.5 Å². The molecule has 11 nitrogen and oxygen atoms in total. The Morgan fingerprint density at radius 1 is 1.04 bits per heavy atom. The van der Waals surface area contributed by atoms with Gasteiger partial charge in [-0.25, -0.2) is 9.78 Å². The molecule has 0 spiro atoms. The van der Waals surface area contributed by atoms with Gasteiger partial charge in [-0.15, -0.1) is 6.58 Å². The van der Waals surface area contributed by atoms with Crippen molar-refractivity contribution in [2.75, 3.05) is 19.0 Å². The monoisotopic (exact) mass is 690 g/mol. The Labute approximate surface area is 296 Å². The van der Waals surface area contributed by atoms with E-state index in [-0.39, 0.29) is 37.0 Å². The molecule has 1 saturated heterocycles. The van der Waals surface area contributed by atoms with Crippen molar-refractivity contribution in [2.24, 2.45) is 11.8 Å². The molecule has 2 heterocycles. The summed E-state index contributed by atoms with van der Waals surface area (Å²) in [6, 6.07) is 22.2. The average molecular weight is 691 g/mol. The summed E-state index contributed by atoms with van der Waals surface area (Å²) in [6.45, 7) is 9.06. The van der Waals surface area contributed by atoms with E-state index in [1.165, 1.54) is 17.9 Å². The highest BCUT2D eigenvalue weighted by atomic mass is 16.5. The third-order valence-corrected chi connectivity index (χ3v) is 9.74. The number of pyridine rings is 1. The minimum Gasteiger partial charge on any atom is -0.497 e. The summed E-state index contributed by atoms with van der Waals surface area (Å²) in [5.74, 6) is -1.66. The summed E-state index contributed by atoms with van der Waals surface area (Å²) in [4.78, 5) is 59.2. The number of ether oxygens (including phenoxy) is 2. The molecule has 1 saturated carbocycles. The predicted octanol–water partition coefficient (Wildman–Crippen LogP) is 5.74. The molecule has 1 aliphatic heterocycles. The number of carboxylic acid groups (broad SMARTS) is 1. The smallest absolute Gasteiger partial charge is 0.330 e. The van der Waals surface area contributed by atoms with Gasteiger partial charge >= 0.3 is 5.97 Å². The molecule has 4 aromatic rings. The Hall–Kier alpha value is -5.71. The number of rotatable bonds is 13. The number of hydrogen-bond donors (Lipinski definition) is 3. The summed E-state index contributed by atoms with van der Waals surface area (Å²) in [5, 5.41) is 16.8. The van der Waals surface area contributed by atoms with Crippen molar-refractivity contribution in [3.63, 3.8) is 0 Å². The number of methoxy groups -OCH3 is 1. The Morgan fingerprint density at radius 2 is 1.80 bits per heavy atom. The Bertz CT molecular complexity index is 2000. The van der Waals surface area contributed by atoms with Crippen molar-refractivity contribution in [2.45, 2.75) is 57.3 Å². The first-order chi connectivity index (χ1) is 24.4.